The van der Waals surface area contributed by atoms with Crippen LogP contribution in [0.1, 0.15) is 18.1 Å². The van der Waals surface area contributed by atoms with Gasteiger partial charge in [0.1, 0.15) is 0 Å². The summed E-state index contributed by atoms with van der Waals surface area (Å²) in [7, 11) is 0. The topological polar surface area (TPSA) is 29.4 Å². The van der Waals surface area contributed by atoms with Crippen LogP contribution in [-0.4, -0.2) is 11.6 Å². The highest BCUT2D eigenvalue weighted by Gasteiger charge is 2.33. The van der Waals surface area contributed by atoms with Crippen molar-refractivity contribution in [1.82, 2.24) is 0 Å². The van der Waals surface area contributed by atoms with Crippen molar-refractivity contribution in [2.75, 3.05) is 0 Å². The number of carbonyl (C=O) groups excluding carboxylic acids is 1. The smallest absolute Gasteiger partial charge is 0.267 e. The number of hydrogen-bond acceptors (Lipinski definition) is 1. The molecule has 0 N–H and O–H groups in total. The Bertz CT molecular complexity index is 760. The molecule has 2 aliphatic rings. The zero-order valence-electron chi connectivity index (χ0n) is 9.32. The monoisotopic (exact) mass is 219 g/mol. The van der Waals surface area contributed by atoms with E-state index >= 15 is 0 Å². The van der Waals surface area contributed by atoms with Crippen molar-refractivity contribution in [3.63, 3.8) is 0 Å². The Kier molecular flexibility index (Phi) is 1.42. The van der Waals surface area contributed by atoms with Crippen LogP contribution < -0.4 is 0 Å². The van der Waals surface area contributed by atoms with Crippen molar-refractivity contribution in [3.05, 3.63) is 53.1 Å². The van der Waals surface area contributed by atoms with E-state index in [0.29, 0.717) is 0 Å². The normalized spacial score (nSPS) is 16.8. The molecule has 2 heteroatoms. The molecule has 0 bridgehead atoms. The third kappa shape index (κ3) is 0.912. The SMILES string of the molecule is CC1=C2C(=NC1=O)c1cccc3cccc2c13. The number of benzene rings is 2. The first-order valence-electron chi connectivity index (χ1n) is 5.64. The minimum absolute atomic E-state index is 0.0958. The Morgan fingerprint density at radius 2 is 1.71 bits per heavy atom. The summed E-state index contributed by atoms with van der Waals surface area (Å²) in [6, 6.07) is 12.4. The molecule has 0 unspecified atom stereocenters. The van der Waals surface area contributed by atoms with E-state index in [-0.39, 0.29) is 5.91 Å². The second kappa shape index (κ2) is 2.72. The third-order valence-corrected chi connectivity index (χ3v) is 3.58. The maximum atomic E-state index is 11.7. The molecule has 1 heterocycles. The molecule has 2 aromatic carbocycles. The quantitative estimate of drug-likeness (QED) is 0.669. The number of amides is 1. The van der Waals surface area contributed by atoms with E-state index in [4.69, 9.17) is 0 Å². The summed E-state index contributed by atoms with van der Waals surface area (Å²) >= 11 is 0. The van der Waals surface area contributed by atoms with Gasteiger partial charge in [0.15, 0.2) is 0 Å². The molecule has 2 aromatic rings. The first-order chi connectivity index (χ1) is 8.27. The van der Waals surface area contributed by atoms with Crippen molar-refractivity contribution >= 4 is 28.0 Å². The van der Waals surface area contributed by atoms with Crippen LogP contribution in [-0.2, 0) is 4.79 Å². The number of fused-ring (bicyclic) bond motifs is 3. The van der Waals surface area contributed by atoms with E-state index in [9.17, 15) is 4.79 Å². The number of rotatable bonds is 0. The molecule has 0 saturated heterocycles. The molecule has 80 valence electrons. The molecular formula is C15H9NO. The maximum absolute atomic E-state index is 11.7. The average Bonchev–Trinajstić information content (AvgIpc) is 2.80. The number of nitrogens with zero attached hydrogens (tertiary/aromatic N) is 1. The first-order valence-corrected chi connectivity index (χ1v) is 5.64. The van der Waals surface area contributed by atoms with Gasteiger partial charge >= 0.3 is 0 Å². The number of carbonyl (C=O) groups is 1. The molecule has 0 saturated carbocycles. The summed E-state index contributed by atoms with van der Waals surface area (Å²) in [5.41, 5.74) is 4.91. The molecule has 0 spiro atoms. The van der Waals surface area contributed by atoms with Crippen molar-refractivity contribution in [1.29, 1.82) is 0 Å². The molecule has 0 atom stereocenters. The van der Waals surface area contributed by atoms with Gasteiger partial charge in [-0.2, -0.15) is 0 Å². The lowest BCUT2D eigenvalue weighted by atomic mass is 10.0. The van der Waals surface area contributed by atoms with Gasteiger partial charge in [-0.3, -0.25) is 4.79 Å². The summed E-state index contributed by atoms with van der Waals surface area (Å²) in [4.78, 5) is 15.8. The van der Waals surface area contributed by atoms with Gasteiger partial charge in [-0.25, -0.2) is 4.99 Å². The molecular weight excluding hydrogens is 210 g/mol. The van der Waals surface area contributed by atoms with Crippen molar-refractivity contribution in [2.45, 2.75) is 6.92 Å². The van der Waals surface area contributed by atoms with E-state index in [1.165, 1.54) is 10.8 Å². The fourth-order valence-corrected chi connectivity index (χ4v) is 2.80. The lowest BCUT2D eigenvalue weighted by Gasteiger charge is -2.01. The molecule has 1 aliphatic heterocycles. The predicted octanol–water partition coefficient (Wildman–Crippen LogP) is 2.96. The number of hydrogen-bond donors (Lipinski definition) is 0. The van der Waals surface area contributed by atoms with E-state index in [1.807, 2.05) is 25.1 Å². The summed E-state index contributed by atoms with van der Waals surface area (Å²) in [5, 5.41) is 2.44. The van der Waals surface area contributed by atoms with E-state index < -0.39 is 0 Å². The van der Waals surface area contributed by atoms with Gasteiger partial charge in [-0.05, 0) is 23.3 Å². The van der Waals surface area contributed by atoms with Crippen molar-refractivity contribution in [3.8, 4) is 0 Å². The minimum Gasteiger partial charge on any atom is -0.267 e. The van der Waals surface area contributed by atoms with Crippen LogP contribution in [0.5, 0.6) is 0 Å². The van der Waals surface area contributed by atoms with Crippen LogP contribution >= 0.6 is 0 Å². The fraction of sp³-hybridized carbons (Fsp3) is 0.0667. The highest BCUT2D eigenvalue weighted by molar-refractivity contribution is 6.49. The molecule has 0 radical (unpaired) electrons. The second-order valence-electron chi connectivity index (χ2n) is 4.47. The maximum Gasteiger partial charge on any atom is 0.273 e. The molecule has 2 nitrogen and oxygen atoms in total. The Morgan fingerprint density at radius 1 is 1.00 bits per heavy atom. The molecule has 0 aromatic heterocycles. The van der Waals surface area contributed by atoms with Crippen LogP contribution in [0, 0.1) is 0 Å². The van der Waals surface area contributed by atoms with Gasteiger partial charge < -0.3 is 0 Å². The van der Waals surface area contributed by atoms with Crippen LogP contribution in [0.2, 0.25) is 0 Å². The van der Waals surface area contributed by atoms with Gasteiger partial charge in [-0.1, -0.05) is 36.4 Å². The predicted molar refractivity (Wildman–Crippen MR) is 68.1 cm³/mol. The summed E-state index contributed by atoms with van der Waals surface area (Å²) in [6.45, 7) is 1.86. The second-order valence-corrected chi connectivity index (χ2v) is 4.47. The lowest BCUT2D eigenvalue weighted by molar-refractivity contribution is -0.114. The summed E-state index contributed by atoms with van der Waals surface area (Å²) in [6.07, 6.45) is 0. The van der Waals surface area contributed by atoms with Crippen LogP contribution in [0.3, 0.4) is 0 Å². The van der Waals surface area contributed by atoms with E-state index in [2.05, 4.69) is 23.2 Å². The Hall–Kier alpha value is -2.22. The summed E-state index contributed by atoms with van der Waals surface area (Å²) in [5.74, 6) is -0.0958. The minimum atomic E-state index is -0.0958. The van der Waals surface area contributed by atoms with Gasteiger partial charge in [0.05, 0.1) is 5.71 Å². The molecule has 1 amide bonds. The van der Waals surface area contributed by atoms with Crippen LogP contribution in [0.15, 0.2) is 47.0 Å². The zero-order chi connectivity index (χ0) is 11.6. The Morgan fingerprint density at radius 3 is 2.47 bits per heavy atom. The number of allylic oxidation sites excluding steroid dienone is 1. The molecule has 0 fully saturated rings. The van der Waals surface area contributed by atoms with Crippen LogP contribution in [0.4, 0.5) is 0 Å². The van der Waals surface area contributed by atoms with Crippen molar-refractivity contribution in [2.24, 2.45) is 4.99 Å². The first kappa shape index (κ1) is 8.88. The fourth-order valence-electron chi connectivity index (χ4n) is 2.80. The Balaban J connectivity index is 2.27. The van der Waals surface area contributed by atoms with E-state index in [0.717, 1.165) is 28.0 Å². The van der Waals surface area contributed by atoms with Gasteiger partial charge in [0, 0.05) is 16.7 Å². The van der Waals surface area contributed by atoms with Crippen molar-refractivity contribution < 1.29 is 4.79 Å². The highest BCUT2D eigenvalue weighted by atomic mass is 16.1. The Labute approximate surface area is 98.3 Å². The molecule has 4 rings (SSSR count). The molecule has 1 aliphatic carbocycles. The van der Waals surface area contributed by atoms with Crippen LogP contribution in [0.25, 0.3) is 16.3 Å². The largest absolute Gasteiger partial charge is 0.273 e. The molecule has 17 heavy (non-hydrogen) atoms. The van der Waals surface area contributed by atoms with E-state index in [1.54, 1.807) is 0 Å². The third-order valence-electron chi connectivity index (χ3n) is 3.58. The number of aliphatic imine (C=N–C) groups is 1. The average molecular weight is 219 g/mol. The highest BCUT2D eigenvalue weighted by Crippen LogP contribution is 2.42. The van der Waals surface area contributed by atoms with Gasteiger partial charge in [0.25, 0.3) is 5.91 Å². The standard InChI is InChI=1S/C15H9NO/c1-8-12-10-6-2-4-9-5-3-7-11(13(9)10)14(12)16-15(8)17/h2-7H,1H3. The lowest BCUT2D eigenvalue weighted by Crippen LogP contribution is -1.92. The van der Waals surface area contributed by atoms with Gasteiger partial charge in [0.2, 0.25) is 0 Å². The summed E-state index contributed by atoms with van der Waals surface area (Å²) < 4.78 is 0. The zero-order valence-corrected chi connectivity index (χ0v) is 9.32. The van der Waals surface area contributed by atoms with Gasteiger partial charge in [-0.15, -0.1) is 0 Å².